The number of aromatic nitrogens is 2. The molecule has 1 aromatic carbocycles. The van der Waals surface area contributed by atoms with Gasteiger partial charge in [0.25, 0.3) is 5.56 Å². The second kappa shape index (κ2) is 5.83. The van der Waals surface area contributed by atoms with Crippen molar-refractivity contribution in [3.8, 4) is 0 Å². The van der Waals surface area contributed by atoms with Gasteiger partial charge >= 0.3 is 5.97 Å². The molecule has 0 radical (unpaired) electrons. The minimum Gasteiger partial charge on any atom is -0.480 e. The monoisotopic (exact) mass is 315 g/mol. The third-order valence-electron chi connectivity index (χ3n) is 4.21. The number of aliphatic carboxylic acids is 1. The first kappa shape index (κ1) is 15.2. The summed E-state index contributed by atoms with van der Waals surface area (Å²) in [5.41, 5.74) is 0.269. The van der Waals surface area contributed by atoms with Crippen molar-refractivity contribution in [3.63, 3.8) is 0 Å². The van der Waals surface area contributed by atoms with Crippen molar-refractivity contribution in [3.05, 3.63) is 40.3 Å². The van der Waals surface area contributed by atoms with Crippen LogP contribution in [-0.2, 0) is 23.1 Å². The molecular formula is C16H17N3O4. The van der Waals surface area contributed by atoms with Crippen LogP contribution >= 0.6 is 0 Å². The maximum atomic E-state index is 12.5. The molecule has 23 heavy (non-hydrogen) atoms. The number of carboxylic acid groups (broad SMARTS) is 1. The second-order valence-corrected chi connectivity index (χ2v) is 5.68. The molecule has 1 aromatic heterocycles. The first-order valence-corrected chi connectivity index (χ1v) is 7.46. The molecule has 2 heterocycles. The fourth-order valence-electron chi connectivity index (χ4n) is 3.07. The van der Waals surface area contributed by atoms with E-state index in [-0.39, 0.29) is 17.9 Å². The first-order chi connectivity index (χ1) is 11.0. The van der Waals surface area contributed by atoms with E-state index in [2.05, 4.69) is 5.10 Å². The highest BCUT2D eigenvalue weighted by atomic mass is 16.4. The van der Waals surface area contributed by atoms with Gasteiger partial charge in [0, 0.05) is 19.0 Å². The lowest BCUT2D eigenvalue weighted by Gasteiger charge is -2.21. The van der Waals surface area contributed by atoms with Crippen LogP contribution in [0.4, 0.5) is 0 Å². The topological polar surface area (TPSA) is 92.5 Å². The zero-order valence-corrected chi connectivity index (χ0v) is 12.7. The quantitative estimate of drug-likeness (QED) is 0.893. The summed E-state index contributed by atoms with van der Waals surface area (Å²) in [6, 6.07) is 6.24. The summed E-state index contributed by atoms with van der Waals surface area (Å²) in [7, 11) is 1.54. The molecule has 1 unspecified atom stereocenters. The van der Waals surface area contributed by atoms with Crippen molar-refractivity contribution in [1.29, 1.82) is 0 Å². The van der Waals surface area contributed by atoms with Gasteiger partial charge in [-0.2, -0.15) is 5.10 Å². The SMILES string of the molecule is Cn1nc(CC(=O)N2CCCC2C(=O)O)c2ccccc2c1=O. The van der Waals surface area contributed by atoms with Crippen molar-refractivity contribution in [1.82, 2.24) is 14.7 Å². The Kier molecular flexibility index (Phi) is 3.85. The third-order valence-corrected chi connectivity index (χ3v) is 4.21. The summed E-state index contributed by atoms with van der Waals surface area (Å²) >= 11 is 0. The summed E-state index contributed by atoms with van der Waals surface area (Å²) in [5, 5.41) is 14.5. The lowest BCUT2D eigenvalue weighted by atomic mass is 10.1. The van der Waals surface area contributed by atoms with E-state index in [9.17, 15) is 19.5 Å². The number of hydrogen-bond acceptors (Lipinski definition) is 4. The van der Waals surface area contributed by atoms with Crippen molar-refractivity contribution in [2.24, 2.45) is 7.05 Å². The van der Waals surface area contributed by atoms with Gasteiger partial charge in [-0.25, -0.2) is 9.48 Å². The van der Waals surface area contributed by atoms with Crippen LogP contribution in [0.15, 0.2) is 29.1 Å². The van der Waals surface area contributed by atoms with Gasteiger partial charge in [0.05, 0.1) is 17.5 Å². The van der Waals surface area contributed by atoms with Crippen LogP contribution in [0.3, 0.4) is 0 Å². The molecule has 1 amide bonds. The standard InChI is InChI=1S/C16H17N3O4/c1-18-15(21)11-6-3-2-5-10(11)12(17-18)9-14(20)19-8-4-7-13(19)16(22)23/h2-3,5-6,13H,4,7-9H2,1H3,(H,22,23). The third kappa shape index (κ3) is 2.69. The van der Waals surface area contributed by atoms with Gasteiger partial charge in [-0.3, -0.25) is 9.59 Å². The van der Waals surface area contributed by atoms with E-state index in [4.69, 9.17) is 0 Å². The second-order valence-electron chi connectivity index (χ2n) is 5.68. The van der Waals surface area contributed by atoms with Crippen LogP contribution in [-0.4, -0.2) is 44.3 Å². The van der Waals surface area contributed by atoms with Crippen LogP contribution in [0.1, 0.15) is 18.5 Å². The predicted molar refractivity (Wildman–Crippen MR) is 83.1 cm³/mol. The Morgan fingerprint density at radius 2 is 2.00 bits per heavy atom. The number of aryl methyl sites for hydroxylation is 1. The summed E-state index contributed by atoms with van der Waals surface area (Å²) in [4.78, 5) is 37.2. The molecule has 0 saturated carbocycles. The Morgan fingerprint density at radius 1 is 1.30 bits per heavy atom. The maximum absolute atomic E-state index is 12.5. The smallest absolute Gasteiger partial charge is 0.326 e. The molecule has 1 aliphatic rings. The number of rotatable bonds is 3. The van der Waals surface area contributed by atoms with E-state index in [1.165, 1.54) is 9.58 Å². The lowest BCUT2D eigenvalue weighted by Crippen LogP contribution is -2.41. The first-order valence-electron chi connectivity index (χ1n) is 7.46. The lowest BCUT2D eigenvalue weighted by molar-refractivity contribution is -0.148. The summed E-state index contributed by atoms with van der Waals surface area (Å²) in [5.74, 6) is -1.25. The number of fused-ring (bicyclic) bond motifs is 1. The molecule has 1 aliphatic heterocycles. The zero-order valence-electron chi connectivity index (χ0n) is 12.7. The molecule has 7 nitrogen and oxygen atoms in total. The van der Waals surface area contributed by atoms with Crippen molar-refractivity contribution >= 4 is 22.6 Å². The van der Waals surface area contributed by atoms with Crippen molar-refractivity contribution in [2.45, 2.75) is 25.3 Å². The average Bonchev–Trinajstić information content (AvgIpc) is 3.02. The Hall–Kier alpha value is -2.70. The van der Waals surface area contributed by atoms with Crippen molar-refractivity contribution < 1.29 is 14.7 Å². The minimum atomic E-state index is -0.978. The van der Waals surface area contributed by atoms with E-state index in [1.54, 1.807) is 31.3 Å². The van der Waals surface area contributed by atoms with Gasteiger partial charge in [-0.15, -0.1) is 0 Å². The Labute approximate surface area is 132 Å². The molecule has 0 spiro atoms. The van der Waals surface area contributed by atoms with E-state index in [0.717, 1.165) is 0 Å². The maximum Gasteiger partial charge on any atom is 0.326 e. The average molecular weight is 315 g/mol. The number of carbonyl (C=O) groups excluding carboxylic acids is 1. The molecule has 1 saturated heterocycles. The molecular weight excluding hydrogens is 298 g/mol. The minimum absolute atomic E-state index is 0.0155. The molecule has 3 rings (SSSR count). The Morgan fingerprint density at radius 3 is 2.70 bits per heavy atom. The number of likely N-dealkylation sites (tertiary alicyclic amines) is 1. The molecule has 2 aromatic rings. The van der Waals surface area contributed by atoms with Crippen LogP contribution in [0, 0.1) is 0 Å². The molecule has 0 aliphatic carbocycles. The van der Waals surface area contributed by atoms with E-state index >= 15 is 0 Å². The molecule has 7 heteroatoms. The fraction of sp³-hybridized carbons (Fsp3) is 0.375. The van der Waals surface area contributed by atoms with Gasteiger partial charge < -0.3 is 10.0 Å². The van der Waals surface area contributed by atoms with Crippen LogP contribution in [0.2, 0.25) is 0 Å². The Bertz CT molecular complexity index is 843. The number of benzene rings is 1. The largest absolute Gasteiger partial charge is 0.480 e. The summed E-state index contributed by atoms with van der Waals surface area (Å²) in [6.45, 7) is 0.444. The summed E-state index contributed by atoms with van der Waals surface area (Å²) < 4.78 is 1.21. The molecule has 1 fully saturated rings. The summed E-state index contributed by atoms with van der Waals surface area (Å²) in [6.07, 6.45) is 1.14. The van der Waals surface area contributed by atoms with Crippen LogP contribution in [0.5, 0.6) is 0 Å². The normalized spacial score (nSPS) is 17.6. The highest BCUT2D eigenvalue weighted by Crippen LogP contribution is 2.20. The van der Waals surface area contributed by atoms with Crippen molar-refractivity contribution in [2.75, 3.05) is 6.54 Å². The number of carbonyl (C=O) groups is 2. The Balaban J connectivity index is 1.96. The number of hydrogen-bond donors (Lipinski definition) is 1. The van der Waals surface area contributed by atoms with Gasteiger partial charge in [-0.1, -0.05) is 18.2 Å². The zero-order chi connectivity index (χ0) is 16.6. The van der Waals surface area contributed by atoms with Crippen LogP contribution < -0.4 is 5.56 Å². The predicted octanol–water partition coefficient (Wildman–Crippen LogP) is 0.552. The molecule has 1 N–H and O–H groups in total. The van der Waals surface area contributed by atoms with Gasteiger partial charge in [-0.05, 0) is 18.9 Å². The number of amides is 1. The van der Waals surface area contributed by atoms with Crippen LogP contribution in [0.25, 0.3) is 10.8 Å². The molecule has 120 valence electrons. The molecule has 0 bridgehead atoms. The fourth-order valence-corrected chi connectivity index (χ4v) is 3.07. The van der Waals surface area contributed by atoms with E-state index < -0.39 is 12.0 Å². The van der Waals surface area contributed by atoms with E-state index in [1.807, 2.05) is 0 Å². The number of carboxylic acids is 1. The number of nitrogens with zero attached hydrogens (tertiary/aromatic N) is 3. The van der Waals surface area contributed by atoms with Gasteiger partial charge in [0.1, 0.15) is 6.04 Å². The highest BCUT2D eigenvalue weighted by molar-refractivity contribution is 5.90. The van der Waals surface area contributed by atoms with E-state index in [0.29, 0.717) is 35.9 Å². The highest BCUT2D eigenvalue weighted by Gasteiger charge is 2.34. The molecule has 1 atom stereocenters. The van der Waals surface area contributed by atoms with Gasteiger partial charge in [0.15, 0.2) is 0 Å². The van der Waals surface area contributed by atoms with Gasteiger partial charge in [0.2, 0.25) is 5.91 Å².